The van der Waals surface area contributed by atoms with Crippen LogP contribution in [0.25, 0.3) is 0 Å². The van der Waals surface area contributed by atoms with Crippen molar-refractivity contribution in [2.75, 3.05) is 11.9 Å². The third-order valence-electron chi connectivity index (χ3n) is 3.00. The molecule has 20 heavy (non-hydrogen) atoms. The zero-order chi connectivity index (χ0) is 14.4. The van der Waals surface area contributed by atoms with E-state index in [-0.39, 0.29) is 5.91 Å². The number of alkyl halides is 1. The normalized spacial score (nSPS) is 10.3. The summed E-state index contributed by atoms with van der Waals surface area (Å²) >= 11 is 3.41. The molecule has 2 rings (SSSR count). The Hall–Kier alpha value is -1.68. The number of benzene rings is 1. The van der Waals surface area contributed by atoms with Gasteiger partial charge in [0.2, 0.25) is 0 Å². The molecule has 1 aromatic heterocycles. The number of aromatic nitrogens is 1. The lowest BCUT2D eigenvalue weighted by atomic mass is 10.1. The van der Waals surface area contributed by atoms with Gasteiger partial charge in [0.25, 0.3) is 5.91 Å². The number of carbonyl (C=O) groups is 1. The Bertz CT molecular complexity index is 572. The summed E-state index contributed by atoms with van der Waals surface area (Å²) in [5, 5.41) is 0.760. The van der Waals surface area contributed by atoms with Crippen LogP contribution in [0.5, 0.6) is 0 Å². The van der Waals surface area contributed by atoms with Crippen LogP contribution in [0.1, 0.15) is 21.6 Å². The third-order valence-corrected chi connectivity index (χ3v) is 3.36. The first kappa shape index (κ1) is 14.7. The fourth-order valence-corrected chi connectivity index (χ4v) is 2.45. The minimum absolute atomic E-state index is 0.0406. The molecule has 104 valence electrons. The maximum absolute atomic E-state index is 12.6. The molecule has 0 fully saturated rings. The molecule has 3 nitrogen and oxygen atoms in total. The molecular formula is C16H17BrN2O. The molecular weight excluding hydrogens is 316 g/mol. The number of amides is 1. The molecule has 0 radical (unpaired) electrons. The number of hydrogen-bond donors (Lipinski definition) is 0. The van der Waals surface area contributed by atoms with Gasteiger partial charge in [-0.05, 0) is 24.6 Å². The quantitative estimate of drug-likeness (QED) is 0.786. The van der Waals surface area contributed by atoms with Crippen molar-refractivity contribution in [3.8, 4) is 0 Å². The molecule has 0 saturated heterocycles. The zero-order valence-corrected chi connectivity index (χ0v) is 13.0. The van der Waals surface area contributed by atoms with Crippen LogP contribution in [-0.4, -0.2) is 27.7 Å². The summed E-state index contributed by atoms with van der Waals surface area (Å²) in [7, 11) is 0. The van der Waals surface area contributed by atoms with Gasteiger partial charge in [-0.3, -0.25) is 9.78 Å². The van der Waals surface area contributed by atoms with E-state index in [1.165, 1.54) is 0 Å². The molecule has 0 aliphatic heterocycles. The van der Waals surface area contributed by atoms with Crippen LogP contribution in [0.3, 0.4) is 0 Å². The predicted molar refractivity (Wildman–Crippen MR) is 84.0 cm³/mol. The van der Waals surface area contributed by atoms with E-state index in [0.717, 1.165) is 16.6 Å². The van der Waals surface area contributed by atoms with Crippen molar-refractivity contribution in [3.63, 3.8) is 0 Å². The summed E-state index contributed by atoms with van der Waals surface area (Å²) < 4.78 is 0. The highest BCUT2D eigenvalue weighted by atomic mass is 79.9. The summed E-state index contributed by atoms with van der Waals surface area (Å²) in [6, 6.07) is 13.6. The molecule has 0 spiro atoms. The monoisotopic (exact) mass is 332 g/mol. The van der Waals surface area contributed by atoms with Gasteiger partial charge in [0.15, 0.2) is 0 Å². The first-order valence-electron chi connectivity index (χ1n) is 6.52. The van der Waals surface area contributed by atoms with E-state index in [9.17, 15) is 4.79 Å². The first-order chi connectivity index (χ1) is 9.70. The Labute approximate surface area is 127 Å². The Morgan fingerprint density at radius 3 is 2.65 bits per heavy atom. The summed E-state index contributed by atoms with van der Waals surface area (Å²) in [5.74, 6) is 0.0406. The molecule has 0 saturated carbocycles. The van der Waals surface area contributed by atoms with Crippen LogP contribution in [0.2, 0.25) is 0 Å². The Morgan fingerprint density at radius 1 is 1.25 bits per heavy atom. The number of halogens is 1. The minimum Gasteiger partial charge on any atom is -0.333 e. The van der Waals surface area contributed by atoms with Crippen LogP contribution in [0.15, 0.2) is 48.7 Å². The molecule has 1 aromatic carbocycles. The summed E-state index contributed by atoms with van der Waals surface area (Å²) in [5.41, 5.74) is 2.68. The lowest BCUT2D eigenvalue weighted by Crippen LogP contribution is -2.32. The molecule has 0 N–H and O–H groups in total. The maximum atomic E-state index is 12.6. The number of nitrogens with zero attached hydrogens (tertiary/aromatic N) is 2. The van der Waals surface area contributed by atoms with Crippen molar-refractivity contribution < 1.29 is 4.79 Å². The van der Waals surface area contributed by atoms with Crippen LogP contribution < -0.4 is 0 Å². The molecule has 4 heteroatoms. The highest BCUT2D eigenvalue weighted by Gasteiger charge is 2.15. The Morgan fingerprint density at radius 2 is 2.00 bits per heavy atom. The number of pyridine rings is 1. The highest BCUT2D eigenvalue weighted by Crippen LogP contribution is 2.11. The number of aryl methyl sites for hydroxylation is 1. The van der Waals surface area contributed by atoms with Gasteiger partial charge in [-0.25, -0.2) is 0 Å². The Kier molecular flexibility index (Phi) is 5.30. The molecule has 1 heterocycles. The number of carbonyl (C=O) groups excluding carboxylic acids is 1. The molecule has 0 aliphatic rings. The second kappa shape index (κ2) is 7.20. The van der Waals surface area contributed by atoms with Gasteiger partial charge in [0.1, 0.15) is 0 Å². The molecule has 0 bridgehead atoms. The SMILES string of the molecule is Cc1cc(C(=O)N(CCBr)Cc2ccccc2)ccn1. The number of rotatable bonds is 5. The van der Waals surface area contributed by atoms with E-state index in [4.69, 9.17) is 0 Å². The maximum Gasteiger partial charge on any atom is 0.254 e. The topological polar surface area (TPSA) is 33.2 Å². The van der Waals surface area contributed by atoms with Crippen LogP contribution in [0, 0.1) is 6.92 Å². The van der Waals surface area contributed by atoms with E-state index < -0.39 is 0 Å². The zero-order valence-electron chi connectivity index (χ0n) is 11.4. The summed E-state index contributed by atoms with van der Waals surface area (Å²) in [6.45, 7) is 3.19. The van der Waals surface area contributed by atoms with Crippen LogP contribution in [-0.2, 0) is 6.54 Å². The van der Waals surface area contributed by atoms with Gasteiger partial charge in [0.05, 0.1) is 0 Å². The highest BCUT2D eigenvalue weighted by molar-refractivity contribution is 9.09. The van der Waals surface area contributed by atoms with Gasteiger partial charge in [-0.15, -0.1) is 0 Å². The largest absolute Gasteiger partial charge is 0.333 e. The molecule has 0 atom stereocenters. The predicted octanol–water partition coefficient (Wildman–Crippen LogP) is 3.43. The van der Waals surface area contributed by atoms with E-state index >= 15 is 0 Å². The van der Waals surface area contributed by atoms with Crippen molar-refractivity contribution in [1.29, 1.82) is 0 Å². The number of hydrogen-bond acceptors (Lipinski definition) is 2. The standard InChI is InChI=1S/C16H17BrN2O/c1-13-11-15(7-9-18-13)16(20)19(10-8-17)12-14-5-3-2-4-6-14/h2-7,9,11H,8,10,12H2,1H3. The fourth-order valence-electron chi connectivity index (χ4n) is 2.02. The van der Waals surface area contributed by atoms with Crippen LogP contribution >= 0.6 is 15.9 Å². The lowest BCUT2D eigenvalue weighted by molar-refractivity contribution is 0.0754. The molecule has 2 aromatic rings. The lowest BCUT2D eigenvalue weighted by Gasteiger charge is -2.22. The minimum atomic E-state index is 0.0406. The van der Waals surface area contributed by atoms with Crippen molar-refractivity contribution in [1.82, 2.24) is 9.88 Å². The van der Waals surface area contributed by atoms with Crippen molar-refractivity contribution in [2.24, 2.45) is 0 Å². The summed E-state index contributed by atoms with van der Waals surface area (Å²) in [4.78, 5) is 18.5. The summed E-state index contributed by atoms with van der Waals surface area (Å²) in [6.07, 6.45) is 1.68. The van der Waals surface area contributed by atoms with Gasteiger partial charge >= 0.3 is 0 Å². The van der Waals surface area contributed by atoms with Crippen molar-refractivity contribution >= 4 is 21.8 Å². The molecule has 0 unspecified atom stereocenters. The molecule has 1 amide bonds. The first-order valence-corrected chi connectivity index (χ1v) is 7.64. The second-order valence-electron chi connectivity index (χ2n) is 4.59. The van der Waals surface area contributed by atoms with Crippen molar-refractivity contribution in [2.45, 2.75) is 13.5 Å². The van der Waals surface area contributed by atoms with Gasteiger partial charge in [0, 0.05) is 35.9 Å². The van der Waals surface area contributed by atoms with E-state index in [0.29, 0.717) is 18.7 Å². The molecule has 0 aliphatic carbocycles. The average Bonchev–Trinajstić information content (AvgIpc) is 2.47. The third kappa shape index (κ3) is 3.90. The van der Waals surface area contributed by atoms with E-state index in [1.54, 1.807) is 12.3 Å². The van der Waals surface area contributed by atoms with Gasteiger partial charge in [-0.1, -0.05) is 46.3 Å². The van der Waals surface area contributed by atoms with Gasteiger partial charge < -0.3 is 4.90 Å². The van der Waals surface area contributed by atoms with Crippen LogP contribution in [0.4, 0.5) is 0 Å². The van der Waals surface area contributed by atoms with Crippen molar-refractivity contribution in [3.05, 3.63) is 65.5 Å². The smallest absolute Gasteiger partial charge is 0.254 e. The van der Waals surface area contributed by atoms with E-state index in [1.807, 2.05) is 48.2 Å². The Balaban J connectivity index is 2.18. The average molecular weight is 333 g/mol. The second-order valence-corrected chi connectivity index (χ2v) is 5.38. The van der Waals surface area contributed by atoms with Gasteiger partial charge in [-0.2, -0.15) is 0 Å². The fraction of sp³-hybridized carbons (Fsp3) is 0.250. The van der Waals surface area contributed by atoms with E-state index in [2.05, 4.69) is 20.9 Å².